The Labute approximate surface area is 95.0 Å². The number of para-hydroxylation sites is 1. The van der Waals surface area contributed by atoms with Gasteiger partial charge in [-0.2, -0.15) is 0 Å². The van der Waals surface area contributed by atoms with E-state index in [9.17, 15) is 0 Å². The molecule has 2 heteroatoms. The SMILES string of the molecule is COC1=C2C(=Nc3ccccc32)CC=C1C. The first-order chi connectivity index (χ1) is 7.81. The molecule has 1 aromatic carbocycles. The minimum absolute atomic E-state index is 0.905. The highest BCUT2D eigenvalue weighted by atomic mass is 16.5. The van der Waals surface area contributed by atoms with Crippen LogP contribution in [-0.4, -0.2) is 12.8 Å². The lowest BCUT2D eigenvalue weighted by Crippen LogP contribution is -2.07. The average Bonchev–Trinajstić information content (AvgIpc) is 2.68. The van der Waals surface area contributed by atoms with Crippen molar-refractivity contribution in [1.29, 1.82) is 0 Å². The zero-order chi connectivity index (χ0) is 11.1. The summed E-state index contributed by atoms with van der Waals surface area (Å²) in [7, 11) is 1.73. The zero-order valence-corrected chi connectivity index (χ0v) is 9.45. The number of hydrogen-bond donors (Lipinski definition) is 0. The number of aliphatic imine (C=N–C) groups is 1. The van der Waals surface area contributed by atoms with Crippen molar-refractivity contribution in [3.8, 4) is 0 Å². The summed E-state index contributed by atoms with van der Waals surface area (Å²) in [6, 6.07) is 8.23. The smallest absolute Gasteiger partial charge is 0.131 e. The van der Waals surface area contributed by atoms with E-state index in [1.807, 2.05) is 12.1 Å². The van der Waals surface area contributed by atoms with Gasteiger partial charge in [-0.05, 0) is 18.6 Å². The van der Waals surface area contributed by atoms with Gasteiger partial charge in [0.05, 0.1) is 18.5 Å². The molecule has 1 aliphatic carbocycles. The topological polar surface area (TPSA) is 21.6 Å². The molecule has 2 aliphatic rings. The maximum absolute atomic E-state index is 5.50. The van der Waals surface area contributed by atoms with Gasteiger partial charge in [0, 0.05) is 17.6 Å². The number of ether oxygens (including phenoxy) is 1. The van der Waals surface area contributed by atoms with E-state index in [0.29, 0.717) is 0 Å². The van der Waals surface area contributed by atoms with E-state index in [4.69, 9.17) is 4.74 Å². The third-order valence-corrected chi connectivity index (χ3v) is 3.11. The van der Waals surface area contributed by atoms with Crippen LogP contribution in [0.25, 0.3) is 5.57 Å². The van der Waals surface area contributed by atoms with Crippen LogP contribution in [-0.2, 0) is 4.74 Å². The van der Waals surface area contributed by atoms with Gasteiger partial charge < -0.3 is 4.74 Å². The Morgan fingerprint density at radius 1 is 1.25 bits per heavy atom. The van der Waals surface area contributed by atoms with Crippen LogP contribution in [0.2, 0.25) is 0 Å². The van der Waals surface area contributed by atoms with Crippen molar-refractivity contribution >= 4 is 17.0 Å². The fourth-order valence-corrected chi connectivity index (χ4v) is 2.34. The molecular weight excluding hydrogens is 198 g/mol. The minimum atomic E-state index is 0.905. The summed E-state index contributed by atoms with van der Waals surface area (Å²) >= 11 is 0. The van der Waals surface area contributed by atoms with E-state index in [2.05, 4.69) is 30.1 Å². The molecular formula is C14H13NO. The van der Waals surface area contributed by atoms with Crippen molar-refractivity contribution in [2.75, 3.05) is 7.11 Å². The quantitative estimate of drug-likeness (QED) is 0.696. The number of hydrogen-bond acceptors (Lipinski definition) is 2. The summed E-state index contributed by atoms with van der Waals surface area (Å²) < 4.78 is 5.50. The number of nitrogens with zero attached hydrogens (tertiary/aromatic N) is 1. The van der Waals surface area contributed by atoms with Gasteiger partial charge in [-0.1, -0.05) is 24.3 Å². The summed E-state index contributed by atoms with van der Waals surface area (Å²) in [4.78, 5) is 4.64. The first kappa shape index (κ1) is 9.40. The van der Waals surface area contributed by atoms with Crippen molar-refractivity contribution < 1.29 is 4.74 Å². The molecule has 0 N–H and O–H groups in total. The summed E-state index contributed by atoms with van der Waals surface area (Å²) in [5, 5.41) is 0. The summed E-state index contributed by atoms with van der Waals surface area (Å²) in [6.07, 6.45) is 3.08. The summed E-state index contributed by atoms with van der Waals surface area (Å²) in [5.41, 5.74) is 5.77. The molecule has 0 amide bonds. The highest BCUT2D eigenvalue weighted by molar-refractivity contribution is 6.31. The lowest BCUT2D eigenvalue weighted by atomic mass is 9.92. The second-order valence-corrected chi connectivity index (χ2v) is 4.08. The molecule has 3 rings (SSSR count). The molecule has 0 bridgehead atoms. The maximum Gasteiger partial charge on any atom is 0.131 e. The standard InChI is InChI=1S/C14H13NO/c1-9-7-8-12-13(14(9)16-2)10-5-3-4-6-11(10)15-12/h3-7H,8H2,1-2H3. The van der Waals surface area contributed by atoms with E-state index in [1.165, 1.54) is 16.7 Å². The monoisotopic (exact) mass is 211 g/mol. The van der Waals surface area contributed by atoms with Crippen LogP contribution in [0.1, 0.15) is 18.9 Å². The van der Waals surface area contributed by atoms with Crippen molar-refractivity contribution in [1.82, 2.24) is 0 Å². The van der Waals surface area contributed by atoms with Gasteiger partial charge in [-0.15, -0.1) is 0 Å². The van der Waals surface area contributed by atoms with Crippen LogP contribution in [0, 0.1) is 0 Å². The van der Waals surface area contributed by atoms with Crippen LogP contribution in [0.5, 0.6) is 0 Å². The highest BCUT2D eigenvalue weighted by Crippen LogP contribution is 2.41. The molecule has 0 fully saturated rings. The van der Waals surface area contributed by atoms with Crippen LogP contribution in [0.3, 0.4) is 0 Å². The molecule has 0 unspecified atom stereocenters. The molecule has 0 saturated carbocycles. The predicted molar refractivity (Wildman–Crippen MR) is 65.8 cm³/mol. The van der Waals surface area contributed by atoms with E-state index >= 15 is 0 Å². The Kier molecular flexibility index (Phi) is 1.96. The van der Waals surface area contributed by atoms with Gasteiger partial charge in [0.15, 0.2) is 0 Å². The van der Waals surface area contributed by atoms with Crippen LogP contribution < -0.4 is 0 Å². The molecule has 1 heterocycles. The highest BCUT2D eigenvalue weighted by Gasteiger charge is 2.27. The molecule has 1 aliphatic heterocycles. The van der Waals surface area contributed by atoms with Gasteiger partial charge in [0.25, 0.3) is 0 Å². The normalized spacial score (nSPS) is 17.6. The summed E-state index contributed by atoms with van der Waals surface area (Å²) in [5.74, 6) is 0.968. The molecule has 80 valence electrons. The van der Waals surface area contributed by atoms with Crippen LogP contribution >= 0.6 is 0 Å². The molecule has 0 aromatic heterocycles. The molecule has 1 aromatic rings. The Morgan fingerprint density at radius 2 is 2.06 bits per heavy atom. The van der Waals surface area contributed by atoms with Crippen molar-refractivity contribution in [2.45, 2.75) is 13.3 Å². The van der Waals surface area contributed by atoms with Gasteiger partial charge >= 0.3 is 0 Å². The van der Waals surface area contributed by atoms with E-state index in [-0.39, 0.29) is 0 Å². The van der Waals surface area contributed by atoms with Crippen molar-refractivity contribution in [3.63, 3.8) is 0 Å². The second-order valence-electron chi connectivity index (χ2n) is 4.08. The lowest BCUT2D eigenvalue weighted by Gasteiger charge is -2.17. The van der Waals surface area contributed by atoms with E-state index in [0.717, 1.165) is 23.6 Å². The van der Waals surface area contributed by atoms with Gasteiger partial charge in [-0.25, -0.2) is 0 Å². The van der Waals surface area contributed by atoms with Gasteiger partial charge in [-0.3, -0.25) is 4.99 Å². The molecule has 0 atom stereocenters. The summed E-state index contributed by atoms with van der Waals surface area (Å²) in [6.45, 7) is 2.09. The Hall–Kier alpha value is -1.83. The van der Waals surface area contributed by atoms with Crippen LogP contribution in [0.4, 0.5) is 5.69 Å². The van der Waals surface area contributed by atoms with Gasteiger partial charge in [0.1, 0.15) is 5.76 Å². The third-order valence-electron chi connectivity index (χ3n) is 3.11. The minimum Gasteiger partial charge on any atom is -0.496 e. The first-order valence-electron chi connectivity index (χ1n) is 5.44. The number of allylic oxidation sites excluding steroid dienone is 3. The van der Waals surface area contributed by atoms with Crippen molar-refractivity contribution in [2.24, 2.45) is 4.99 Å². The number of benzene rings is 1. The van der Waals surface area contributed by atoms with Crippen molar-refractivity contribution in [3.05, 3.63) is 47.2 Å². The number of rotatable bonds is 1. The van der Waals surface area contributed by atoms with Crippen LogP contribution in [0.15, 0.2) is 46.7 Å². The van der Waals surface area contributed by atoms with E-state index in [1.54, 1.807) is 7.11 Å². The largest absolute Gasteiger partial charge is 0.496 e. The fraction of sp³-hybridized carbons (Fsp3) is 0.214. The first-order valence-corrected chi connectivity index (χ1v) is 5.44. The third kappa shape index (κ3) is 1.16. The average molecular weight is 211 g/mol. The Bertz CT molecular complexity index is 550. The Balaban J connectivity index is 2.28. The number of methoxy groups -OCH3 is 1. The van der Waals surface area contributed by atoms with E-state index < -0.39 is 0 Å². The maximum atomic E-state index is 5.50. The predicted octanol–water partition coefficient (Wildman–Crippen LogP) is 3.48. The second kappa shape index (κ2) is 3.34. The lowest BCUT2D eigenvalue weighted by molar-refractivity contribution is 0.303. The fourth-order valence-electron chi connectivity index (χ4n) is 2.34. The molecule has 0 radical (unpaired) electrons. The Morgan fingerprint density at radius 3 is 2.88 bits per heavy atom. The number of fused-ring (bicyclic) bond motifs is 3. The molecule has 0 spiro atoms. The zero-order valence-electron chi connectivity index (χ0n) is 9.45. The molecule has 16 heavy (non-hydrogen) atoms. The molecule has 2 nitrogen and oxygen atoms in total. The molecule has 0 saturated heterocycles. The van der Waals surface area contributed by atoms with Gasteiger partial charge in [0.2, 0.25) is 0 Å².